The Bertz CT molecular complexity index is 702. The first-order valence-corrected chi connectivity index (χ1v) is 8.56. The summed E-state index contributed by atoms with van der Waals surface area (Å²) in [5.74, 6) is 1.47. The largest absolute Gasteiger partial charge is 0.493 e. The van der Waals surface area contributed by atoms with Gasteiger partial charge in [-0.25, -0.2) is 9.67 Å². The molecule has 0 bridgehead atoms. The average molecular weight is 344 g/mol. The molecule has 1 saturated heterocycles. The summed E-state index contributed by atoms with van der Waals surface area (Å²) in [6.07, 6.45) is 5.59. The first kappa shape index (κ1) is 17.3. The number of ether oxygens (including phenoxy) is 2. The maximum Gasteiger partial charge on any atom is 0.226 e. The van der Waals surface area contributed by atoms with Gasteiger partial charge in [0.2, 0.25) is 5.91 Å². The molecule has 7 nitrogen and oxygen atoms in total. The van der Waals surface area contributed by atoms with Crippen LogP contribution in [0, 0.1) is 6.92 Å². The molecule has 1 aliphatic heterocycles. The predicted octanol–water partition coefficient (Wildman–Crippen LogP) is 2.23. The third-order valence-electron chi connectivity index (χ3n) is 4.45. The number of aromatic nitrogens is 3. The SMILES string of the molecule is COc1cc(C)ccc1OCCC(=O)N1CCC[C@H](n2cncn2)C1. The average Bonchev–Trinajstić information content (AvgIpc) is 3.17. The lowest BCUT2D eigenvalue weighted by Crippen LogP contribution is -2.41. The highest BCUT2D eigenvalue weighted by Gasteiger charge is 2.25. The number of amides is 1. The van der Waals surface area contributed by atoms with Crippen LogP contribution in [-0.2, 0) is 4.79 Å². The van der Waals surface area contributed by atoms with E-state index >= 15 is 0 Å². The van der Waals surface area contributed by atoms with E-state index in [1.807, 2.05) is 34.7 Å². The summed E-state index contributed by atoms with van der Waals surface area (Å²) in [6, 6.07) is 5.97. The molecule has 1 aromatic heterocycles. The number of nitrogens with zero attached hydrogens (tertiary/aromatic N) is 4. The van der Waals surface area contributed by atoms with E-state index < -0.39 is 0 Å². The third-order valence-corrected chi connectivity index (χ3v) is 4.45. The van der Waals surface area contributed by atoms with Crippen molar-refractivity contribution in [1.29, 1.82) is 0 Å². The van der Waals surface area contributed by atoms with Gasteiger partial charge in [-0.15, -0.1) is 0 Å². The van der Waals surface area contributed by atoms with Crippen molar-refractivity contribution >= 4 is 5.91 Å². The third kappa shape index (κ3) is 4.29. The van der Waals surface area contributed by atoms with Crippen molar-refractivity contribution in [1.82, 2.24) is 19.7 Å². The molecule has 25 heavy (non-hydrogen) atoms. The van der Waals surface area contributed by atoms with Crippen LogP contribution in [0.4, 0.5) is 0 Å². The molecule has 0 N–H and O–H groups in total. The number of aryl methyl sites for hydroxylation is 1. The van der Waals surface area contributed by atoms with Crippen LogP contribution in [0.3, 0.4) is 0 Å². The Hall–Kier alpha value is -2.57. The van der Waals surface area contributed by atoms with E-state index in [9.17, 15) is 4.79 Å². The Morgan fingerprint density at radius 1 is 1.36 bits per heavy atom. The van der Waals surface area contributed by atoms with Crippen LogP contribution in [-0.4, -0.2) is 52.4 Å². The van der Waals surface area contributed by atoms with Crippen LogP contribution in [0.15, 0.2) is 30.9 Å². The molecule has 0 aliphatic carbocycles. The Morgan fingerprint density at radius 2 is 2.24 bits per heavy atom. The van der Waals surface area contributed by atoms with Crippen LogP contribution in [0.5, 0.6) is 11.5 Å². The first-order valence-electron chi connectivity index (χ1n) is 8.56. The molecular formula is C18H24N4O3. The van der Waals surface area contributed by atoms with E-state index in [-0.39, 0.29) is 11.9 Å². The van der Waals surface area contributed by atoms with Crippen molar-refractivity contribution in [3.05, 3.63) is 36.4 Å². The van der Waals surface area contributed by atoms with Crippen molar-refractivity contribution < 1.29 is 14.3 Å². The number of carbonyl (C=O) groups is 1. The van der Waals surface area contributed by atoms with Crippen LogP contribution in [0.1, 0.15) is 30.9 Å². The minimum atomic E-state index is 0.107. The Balaban J connectivity index is 1.51. The van der Waals surface area contributed by atoms with Crippen LogP contribution in [0.2, 0.25) is 0 Å². The van der Waals surface area contributed by atoms with Gasteiger partial charge in [-0.2, -0.15) is 5.10 Å². The number of hydrogen-bond donors (Lipinski definition) is 0. The summed E-state index contributed by atoms with van der Waals surface area (Å²) in [4.78, 5) is 18.4. The summed E-state index contributed by atoms with van der Waals surface area (Å²) in [6.45, 7) is 3.80. The minimum Gasteiger partial charge on any atom is -0.493 e. The lowest BCUT2D eigenvalue weighted by atomic mass is 10.1. The van der Waals surface area contributed by atoms with Crippen molar-refractivity contribution in [2.24, 2.45) is 0 Å². The standard InChI is InChI=1S/C18H24N4O3/c1-14-5-6-16(17(10-14)24-2)25-9-7-18(23)21-8-3-4-15(11-21)22-13-19-12-20-22/h5-6,10,12-13,15H,3-4,7-9,11H2,1-2H3/t15-/m0/s1. The Labute approximate surface area is 147 Å². The maximum atomic E-state index is 12.5. The minimum absolute atomic E-state index is 0.107. The van der Waals surface area contributed by atoms with Crippen LogP contribution in [0.25, 0.3) is 0 Å². The molecule has 0 unspecified atom stereocenters. The highest BCUT2D eigenvalue weighted by Crippen LogP contribution is 2.28. The summed E-state index contributed by atoms with van der Waals surface area (Å²) in [5.41, 5.74) is 1.10. The second-order valence-corrected chi connectivity index (χ2v) is 6.26. The lowest BCUT2D eigenvalue weighted by molar-refractivity contribution is -0.133. The fourth-order valence-corrected chi connectivity index (χ4v) is 3.10. The van der Waals surface area contributed by atoms with Gasteiger partial charge in [-0.3, -0.25) is 4.79 Å². The lowest BCUT2D eigenvalue weighted by Gasteiger charge is -2.32. The summed E-state index contributed by atoms with van der Waals surface area (Å²) in [7, 11) is 1.62. The number of benzene rings is 1. The van der Waals surface area contributed by atoms with E-state index in [1.54, 1.807) is 13.4 Å². The van der Waals surface area contributed by atoms with Gasteiger partial charge >= 0.3 is 0 Å². The monoisotopic (exact) mass is 344 g/mol. The molecule has 1 fully saturated rings. The van der Waals surface area contributed by atoms with Gasteiger partial charge in [0, 0.05) is 13.1 Å². The van der Waals surface area contributed by atoms with Crippen molar-refractivity contribution in [3.8, 4) is 11.5 Å². The maximum absolute atomic E-state index is 12.5. The number of carbonyl (C=O) groups excluding carboxylic acids is 1. The molecule has 1 atom stereocenters. The van der Waals surface area contributed by atoms with Gasteiger partial charge in [0.25, 0.3) is 0 Å². The molecule has 3 rings (SSSR count). The molecule has 134 valence electrons. The zero-order valence-electron chi connectivity index (χ0n) is 14.7. The quantitative estimate of drug-likeness (QED) is 0.804. The molecular weight excluding hydrogens is 320 g/mol. The van der Waals surface area contributed by atoms with Crippen molar-refractivity contribution in [2.75, 3.05) is 26.8 Å². The van der Waals surface area contributed by atoms with Gasteiger partial charge in [0.05, 0.1) is 26.2 Å². The smallest absolute Gasteiger partial charge is 0.226 e. The van der Waals surface area contributed by atoms with E-state index in [1.165, 1.54) is 6.33 Å². The molecule has 0 saturated carbocycles. The molecule has 1 amide bonds. The Kier molecular flexibility index (Phi) is 5.53. The first-order chi connectivity index (χ1) is 12.2. The summed E-state index contributed by atoms with van der Waals surface area (Å²) >= 11 is 0. The second-order valence-electron chi connectivity index (χ2n) is 6.26. The molecule has 0 spiro atoms. The van der Waals surface area contributed by atoms with E-state index in [4.69, 9.17) is 9.47 Å². The number of likely N-dealkylation sites (tertiary alicyclic amines) is 1. The predicted molar refractivity (Wildman–Crippen MR) is 92.7 cm³/mol. The highest BCUT2D eigenvalue weighted by atomic mass is 16.5. The number of rotatable bonds is 6. The van der Waals surface area contributed by atoms with Gasteiger partial charge < -0.3 is 14.4 Å². The van der Waals surface area contributed by atoms with Gasteiger partial charge in [0.1, 0.15) is 12.7 Å². The van der Waals surface area contributed by atoms with Gasteiger partial charge in [-0.05, 0) is 37.5 Å². The van der Waals surface area contributed by atoms with Crippen LogP contribution >= 0.6 is 0 Å². The molecule has 1 aromatic carbocycles. The van der Waals surface area contributed by atoms with E-state index in [2.05, 4.69) is 10.1 Å². The van der Waals surface area contributed by atoms with Crippen molar-refractivity contribution in [3.63, 3.8) is 0 Å². The zero-order valence-corrected chi connectivity index (χ0v) is 14.7. The number of methoxy groups -OCH3 is 1. The number of hydrogen-bond acceptors (Lipinski definition) is 5. The zero-order chi connectivity index (χ0) is 17.6. The van der Waals surface area contributed by atoms with Gasteiger partial charge in [-0.1, -0.05) is 6.07 Å². The van der Waals surface area contributed by atoms with E-state index in [0.29, 0.717) is 31.1 Å². The molecule has 2 aromatic rings. The summed E-state index contributed by atoms with van der Waals surface area (Å²) < 4.78 is 12.9. The molecule has 7 heteroatoms. The fraction of sp³-hybridized carbons (Fsp3) is 0.500. The topological polar surface area (TPSA) is 69.5 Å². The Morgan fingerprint density at radius 3 is 3.00 bits per heavy atom. The highest BCUT2D eigenvalue weighted by molar-refractivity contribution is 5.76. The normalized spacial score (nSPS) is 17.4. The van der Waals surface area contributed by atoms with Crippen LogP contribution < -0.4 is 9.47 Å². The number of piperidine rings is 1. The fourth-order valence-electron chi connectivity index (χ4n) is 3.10. The van der Waals surface area contributed by atoms with E-state index in [0.717, 1.165) is 24.9 Å². The van der Waals surface area contributed by atoms with Gasteiger partial charge in [0.15, 0.2) is 11.5 Å². The summed E-state index contributed by atoms with van der Waals surface area (Å²) in [5, 5.41) is 4.19. The molecule has 1 aliphatic rings. The molecule has 2 heterocycles. The van der Waals surface area contributed by atoms with Crippen molar-refractivity contribution in [2.45, 2.75) is 32.2 Å². The molecule has 0 radical (unpaired) electrons. The second kappa shape index (κ2) is 8.00.